The first kappa shape index (κ1) is 16.2. The number of thiocarbonyl (C=S) groups is 1. The number of halogens is 1. The average Bonchev–Trinajstić information content (AvgIpc) is 3.04. The van der Waals surface area contributed by atoms with Crippen molar-refractivity contribution in [3.05, 3.63) is 71.4 Å². The van der Waals surface area contributed by atoms with E-state index in [4.69, 9.17) is 12.2 Å². The number of aromatic nitrogens is 1. The summed E-state index contributed by atoms with van der Waals surface area (Å²) in [5.74, 6) is -0.583. The molecule has 0 spiro atoms. The van der Waals surface area contributed by atoms with Crippen molar-refractivity contribution >= 4 is 39.7 Å². The third kappa shape index (κ3) is 4.01. The van der Waals surface area contributed by atoms with Crippen molar-refractivity contribution in [2.75, 3.05) is 5.32 Å². The molecule has 3 rings (SSSR count). The van der Waals surface area contributed by atoms with Crippen molar-refractivity contribution in [1.82, 2.24) is 10.3 Å². The molecule has 24 heavy (non-hydrogen) atoms. The lowest BCUT2D eigenvalue weighted by molar-refractivity contribution is 0.0977. The van der Waals surface area contributed by atoms with E-state index in [1.165, 1.54) is 23.5 Å². The molecule has 1 amide bonds. The molecule has 0 saturated heterocycles. The molecule has 0 aliphatic carbocycles. The first-order valence-corrected chi connectivity index (χ1v) is 8.29. The first-order chi connectivity index (χ1) is 11.6. The van der Waals surface area contributed by atoms with Crippen LogP contribution in [0.25, 0.3) is 11.3 Å². The van der Waals surface area contributed by atoms with Gasteiger partial charge in [-0.3, -0.25) is 10.1 Å². The van der Waals surface area contributed by atoms with Crippen LogP contribution in [0.4, 0.5) is 9.52 Å². The summed E-state index contributed by atoms with van der Waals surface area (Å²) >= 11 is 6.47. The number of benzene rings is 2. The van der Waals surface area contributed by atoms with Crippen LogP contribution in [0.2, 0.25) is 0 Å². The zero-order valence-electron chi connectivity index (χ0n) is 12.3. The molecular weight excluding hydrogens is 345 g/mol. The summed E-state index contributed by atoms with van der Waals surface area (Å²) in [5, 5.41) is 8.03. The zero-order valence-corrected chi connectivity index (χ0v) is 14.0. The number of hydrogen-bond acceptors (Lipinski definition) is 4. The molecule has 0 aliphatic rings. The van der Waals surface area contributed by atoms with Gasteiger partial charge in [0.1, 0.15) is 5.82 Å². The number of amides is 1. The van der Waals surface area contributed by atoms with E-state index in [1.807, 2.05) is 11.4 Å². The Morgan fingerprint density at radius 1 is 1.08 bits per heavy atom. The van der Waals surface area contributed by atoms with Gasteiger partial charge in [-0.25, -0.2) is 9.37 Å². The Morgan fingerprint density at radius 3 is 2.50 bits per heavy atom. The summed E-state index contributed by atoms with van der Waals surface area (Å²) in [6, 6.07) is 14.9. The highest BCUT2D eigenvalue weighted by Crippen LogP contribution is 2.24. The number of nitrogens with zero attached hydrogens (tertiary/aromatic N) is 1. The van der Waals surface area contributed by atoms with Crippen LogP contribution in [0.3, 0.4) is 0 Å². The van der Waals surface area contributed by atoms with Gasteiger partial charge >= 0.3 is 0 Å². The van der Waals surface area contributed by atoms with Gasteiger partial charge in [0.25, 0.3) is 5.91 Å². The van der Waals surface area contributed by atoms with Gasteiger partial charge in [0.15, 0.2) is 10.2 Å². The monoisotopic (exact) mass is 357 g/mol. The van der Waals surface area contributed by atoms with Crippen LogP contribution >= 0.6 is 23.6 Å². The van der Waals surface area contributed by atoms with E-state index in [2.05, 4.69) is 15.6 Å². The lowest BCUT2D eigenvalue weighted by Crippen LogP contribution is -2.34. The highest BCUT2D eigenvalue weighted by molar-refractivity contribution is 7.80. The quantitative estimate of drug-likeness (QED) is 0.694. The molecule has 0 radical (unpaired) electrons. The second kappa shape index (κ2) is 7.29. The van der Waals surface area contributed by atoms with Gasteiger partial charge in [-0.2, -0.15) is 0 Å². The van der Waals surface area contributed by atoms with Crippen LogP contribution in [0.1, 0.15) is 10.4 Å². The molecule has 1 heterocycles. The Bertz CT molecular complexity index is 863. The van der Waals surface area contributed by atoms with Gasteiger partial charge < -0.3 is 5.32 Å². The molecule has 0 unspecified atom stereocenters. The molecule has 3 aromatic rings. The average molecular weight is 357 g/mol. The molecule has 4 nitrogen and oxygen atoms in total. The Morgan fingerprint density at radius 2 is 1.79 bits per heavy atom. The normalized spacial score (nSPS) is 10.2. The molecule has 0 saturated carbocycles. The van der Waals surface area contributed by atoms with Crippen LogP contribution in [0, 0.1) is 5.82 Å². The highest BCUT2D eigenvalue weighted by Gasteiger charge is 2.10. The van der Waals surface area contributed by atoms with Gasteiger partial charge in [0.05, 0.1) is 5.69 Å². The van der Waals surface area contributed by atoms with Crippen LogP contribution in [0.15, 0.2) is 60.0 Å². The molecular formula is C17H12FN3OS2. The third-order valence-corrected chi connectivity index (χ3v) is 4.09. The molecule has 0 aliphatic heterocycles. The molecule has 7 heteroatoms. The summed E-state index contributed by atoms with van der Waals surface area (Å²) < 4.78 is 13.0. The number of carbonyl (C=O) groups excluding carboxylic acids is 1. The maximum atomic E-state index is 13.0. The number of rotatable bonds is 3. The number of nitrogens with one attached hydrogen (secondary N) is 2. The van der Waals surface area contributed by atoms with Gasteiger partial charge in [-0.05, 0) is 48.6 Å². The smallest absolute Gasteiger partial charge is 0.257 e. The van der Waals surface area contributed by atoms with Gasteiger partial charge in [-0.1, -0.05) is 18.2 Å². The van der Waals surface area contributed by atoms with E-state index >= 15 is 0 Å². The minimum Gasteiger partial charge on any atom is -0.308 e. The van der Waals surface area contributed by atoms with Gasteiger partial charge in [0, 0.05) is 16.5 Å². The Balaban J connectivity index is 1.63. The summed E-state index contributed by atoms with van der Waals surface area (Å²) in [6.45, 7) is 0. The fraction of sp³-hybridized carbons (Fsp3) is 0. The van der Waals surface area contributed by atoms with Crippen molar-refractivity contribution in [2.24, 2.45) is 0 Å². The first-order valence-electron chi connectivity index (χ1n) is 7.00. The Hall–Kier alpha value is -2.64. The van der Waals surface area contributed by atoms with Crippen LogP contribution in [-0.4, -0.2) is 16.0 Å². The number of thiazole rings is 1. The highest BCUT2D eigenvalue weighted by atomic mass is 32.1. The van der Waals surface area contributed by atoms with E-state index in [-0.39, 0.29) is 16.8 Å². The van der Waals surface area contributed by atoms with Crippen molar-refractivity contribution in [1.29, 1.82) is 0 Å². The largest absolute Gasteiger partial charge is 0.308 e. The molecule has 120 valence electrons. The molecule has 0 bridgehead atoms. The Kier molecular flexibility index (Phi) is 4.93. The summed E-state index contributed by atoms with van der Waals surface area (Å²) in [7, 11) is 0. The summed E-state index contributed by atoms with van der Waals surface area (Å²) in [5.41, 5.74) is 2.03. The van der Waals surface area contributed by atoms with Crippen molar-refractivity contribution in [3.63, 3.8) is 0 Å². The number of hydrogen-bond donors (Lipinski definition) is 2. The van der Waals surface area contributed by atoms with Crippen LogP contribution < -0.4 is 10.6 Å². The van der Waals surface area contributed by atoms with E-state index in [0.717, 1.165) is 5.56 Å². The second-order valence-electron chi connectivity index (χ2n) is 4.82. The fourth-order valence-corrected chi connectivity index (χ4v) is 2.96. The second-order valence-corrected chi connectivity index (χ2v) is 6.09. The Labute approximate surface area is 147 Å². The number of carbonyl (C=O) groups is 1. The topological polar surface area (TPSA) is 54.0 Å². The minimum atomic E-state index is -0.294. The maximum Gasteiger partial charge on any atom is 0.257 e. The van der Waals surface area contributed by atoms with E-state index < -0.39 is 0 Å². The van der Waals surface area contributed by atoms with E-state index in [9.17, 15) is 9.18 Å². The van der Waals surface area contributed by atoms with E-state index in [0.29, 0.717) is 16.4 Å². The van der Waals surface area contributed by atoms with E-state index in [1.54, 1.807) is 36.4 Å². The van der Waals surface area contributed by atoms with Crippen molar-refractivity contribution in [3.8, 4) is 11.3 Å². The lowest BCUT2D eigenvalue weighted by atomic mass is 10.2. The lowest BCUT2D eigenvalue weighted by Gasteiger charge is -2.07. The predicted octanol–water partition coefficient (Wildman–Crippen LogP) is 4.08. The van der Waals surface area contributed by atoms with Crippen molar-refractivity contribution in [2.45, 2.75) is 0 Å². The van der Waals surface area contributed by atoms with Gasteiger partial charge in [-0.15, -0.1) is 11.3 Å². The SMILES string of the molecule is O=C(NC(=S)Nc1nc(-c2ccc(F)cc2)cs1)c1ccccc1. The minimum absolute atomic E-state index is 0.170. The standard InChI is InChI=1S/C17H12FN3OS2/c18-13-8-6-11(7-9-13)14-10-24-17(19-14)21-16(23)20-15(22)12-4-2-1-3-5-12/h1-10H,(H2,19,20,21,22,23). The molecule has 2 aromatic carbocycles. The maximum absolute atomic E-state index is 13.0. The van der Waals surface area contributed by atoms with Crippen LogP contribution in [-0.2, 0) is 0 Å². The van der Waals surface area contributed by atoms with Crippen molar-refractivity contribution < 1.29 is 9.18 Å². The molecule has 0 atom stereocenters. The third-order valence-electron chi connectivity index (χ3n) is 3.13. The molecule has 0 fully saturated rings. The molecule has 1 aromatic heterocycles. The summed E-state index contributed by atoms with van der Waals surface area (Å²) in [6.07, 6.45) is 0. The fourth-order valence-electron chi connectivity index (χ4n) is 1.98. The molecule has 2 N–H and O–H groups in total. The predicted molar refractivity (Wildman–Crippen MR) is 97.6 cm³/mol. The van der Waals surface area contributed by atoms with Gasteiger partial charge in [0.2, 0.25) is 0 Å². The zero-order chi connectivity index (χ0) is 16.9. The summed E-state index contributed by atoms with van der Waals surface area (Å²) in [4.78, 5) is 16.4. The number of anilines is 1. The van der Waals surface area contributed by atoms with Crippen LogP contribution in [0.5, 0.6) is 0 Å².